The van der Waals surface area contributed by atoms with Crippen LogP contribution in [-0.2, 0) is 0 Å². The van der Waals surface area contributed by atoms with Crippen LogP contribution in [-0.4, -0.2) is 41.7 Å². The lowest BCUT2D eigenvalue weighted by Crippen LogP contribution is -2.44. The summed E-state index contributed by atoms with van der Waals surface area (Å²) in [5.41, 5.74) is 2.45. The molecule has 5 nitrogen and oxygen atoms in total. The number of nitrogens with one attached hydrogen (secondary N) is 1. The summed E-state index contributed by atoms with van der Waals surface area (Å²) in [6.07, 6.45) is 0. The lowest BCUT2D eigenvalue weighted by Gasteiger charge is -2.30. The van der Waals surface area contributed by atoms with Crippen molar-refractivity contribution in [1.29, 1.82) is 0 Å². The maximum Gasteiger partial charge on any atom is 0.233 e. The first-order chi connectivity index (χ1) is 10.1. The normalized spacial score (nSPS) is 20.4. The van der Waals surface area contributed by atoms with Crippen molar-refractivity contribution >= 4 is 12.4 Å². The van der Waals surface area contributed by atoms with E-state index < -0.39 is 0 Å². The van der Waals surface area contributed by atoms with Crippen molar-refractivity contribution in [3.05, 3.63) is 47.1 Å². The van der Waals surface area contributed by atoms with Crippen molar-refractivity contribution in [2.24, 2.45) is 0 Å². The highest BCUT2D eigenvalue weighted by atomic mass is 35.5. The summed E-state index contributed by atoms with van der Waals surface area (Å²) in [4.78, 5) is 6.90. The van der Waals surface area contributed by atoms with Crippen molar-refractivity contribution in [3.63, 3.8) is 0 Å². The van der Waals surface area contributed by atoms with E-state index in [4.69, 9.17) is 4.52 Å². The molecule has 2 atom stereocenters. The summed E-state index contributed by atoms with van der Waals surface area (Å²) in [7, 11) is 2.10. The van der Waals surface area contributed by atoms with Gasteiger partial charge in [-0.05, 0) is 26.5 Å². The lowest BCUT2D eigenvalue weighted by molar-refractivity contribution is 0.190. The van der Waals surface area contributed by atoms with Gasteiger partial charge in [-0.25, -0.2) is 0 Å². The number of halogens is 1. The van der Waals surface area contributed by atoms with E-state index >= 15 is 0 Å². The molecule has 0 spiro atoms. The molecule has 1 aliphatic heterocycles. The SMILES string of the molecule is Cc1cccc(C(C)c2nc(C3CNCCN3C)no2)c1.Cl. The first-order valence-electron chi connectivity index (χ1n) is 7.46. The molecule has 2 aromatic rings. The molecular formula is C16H23ClN4O. The molecule has 2 heterocycles. The fourth-order valence-electron chi connectivity index (χ4n) is 2.73. The number of benzene rings is 1. The fraction of sp³-hybridized carbons (Fsp3) is 0.500. The van der Waals surface area contributed by atoms with Crippen molar-refractivity contribution in [1.82, 2.24) is 20.4 Å². The maximum absolute atomic E-state index is 5.51. The second kappa shape index (κ2) is 7.22. The highest BCUT2D eigenvalue weighted by molar-refractivity contribution is 5.85. The molecule has 22 heavy (non-hydrogen) atoms. The van der Waals surface area contributed by atoms with Gasteiger partial charge in [0.2, 0.25) is 5.89 Å². The topological polar surface area (TPSA) is 54.2 Å². The van der Waals surface area contributed by atoms with Gasteiger partial charge in [-0.2, -0.15) is 4.98 Å². The number of piperazine rings is 1. The van der Waals surface area contributed by atoms with Gasteiger partial charge in [-0.15, -0.1) is 12.4 Å². The molecule has 1 N–H and O–H groups in total. The molecule has 1 aromatic carbocycles. The van der Waals surface area contributed by atoms with Gasteiger partial charge in [-0.3, -0.25) is 4.90 Å². The van der Waals surface area contributed by atoms with E-state index in [1.165, 1.54) is 11.1 Å². The van der Waals surface area contributed by atoms with Crippen molar-refractivity contribution in [2.45, 2.75) is 25.8 Å². The van der Waals surface area contributed by atoms with Gasteiger partial charge in [0.05, 0.1) is 12.0 Å². The maximum atomic E-state index is 5.51. The largest absolute Gasteiger partial charge is 0.339 e. The summed E-state index contributed by atoms with van der Waals surface area (Å²) in [5.74, 6) is 1.58. The summed E-state index contributed by atoms with van der Waals surface area (Å²) >= 11 is 0. The summed E-state index contributed by atoms with van der Waals surface area (Å²) in [5, 5.41) is 7.57. The lowest BCUT2D eigenvalue weighted by atomic mass is 9.99. The monoisotopic (exact) mass is 322 g/mol. The average Bonchev–Trinajstić information content (AvgIpc) is 2.96. The third-order valence-corrected chi connectivity index (χ3v) is 4.18. The zero-order valence-corrected chi connectivity index (χ0v) is 14.1. The fourth-order valence-corrected chi connectivity index (χ4v) is 2.73. The summed E-state index contributed by atoms with van der Waals surface area (Å²) < 4.78 is 5.51. The first-order valence-corrected chi connectivity index (χ1v) is 7.46. The number of rotatable bonds is 3. The number of hydrogen-bond acceptors (Lipinski definition) is 5. The van der Waals surface area contributed by atoms with Gasteiger partial charge in [0, 0.05) is 19.6 Å². The van der Waals surface area contributed by atoms with Gasteiger partial charge >= 0.3 is 0 Å². The van der Waals surface area contributed by atoms with Crippen LogP contribution in [0.15, 0.2) is 28.8 Å². The van der Waals surface area contributed by atoms with Gasteiger partial charge in [0.1, 0.15) is 0 Å². The molecular weight excluding hydrogens is 300 g/mol. The van der Waals surface area contributed by atoms with E-state index in [1.54, 1.807) is 0 Å². The van der Waals surface area contributed by atoms with Crippen LogP contribution in [0.2, 0.25) is 0 Å². The Morgan fingerprint density at radius 2 is 2.23 bits per heavy atom. The summed E-state index contributed by atoms with van der Waals surface area (Å²) in [6.45, 7) is 7.08. The number of hydrogen-bond donors (Lipinski definition) is 1. The second-order valence-electron chi connectivity index (χ2n) is 5.83. The third kappa shape index (κ3) is 3.48. The third-order valence-electron chi connectivity index (χ3n) is 4.18. The van der Waals surface area contributed by atoms with Crippen LogP contribution in [0.25, 0.3) is 0 Å². The molecule has 1 saturated heterocycles. The Hall–Kier alpha value is -1.43. The molecule has 0 radical (unpaired) electrons. The van der Waals surface area contributed by atoms with Crippen LogP contribution >= 0.6 is 12.4 Å². The molecule has 120 valence electrons. The average molecular weight is 323 g/mol. The van der Waals surface area contributed by atoms with E-state index in [1.807, 2.05) is 0 Å². The number of likely N-dealkylation sites (N-methyl/N-ethyl adjacent to an activating group) is 1. The molecule has 0 saturated carbocycles. The van der Waals surface area contributed by atoms with Crippen LogP contribution in [0.5, 0.6) is 0 Å². The first kappa shape index (κ1) is 16.9. The van der Waals surface area contributed by atoms with E-state index in [-0.39, 0.29) is 24.4 Å². The van der Waals surface area contributed by atoms with Gasteiger partial charge in [-0.1, -0.05) is 35.0 Å². The molecule has 1 fully saturated rings. The van der Waals surface area contributed by atoms with Gasteiger partial charge < -0.3 is 9.84 Å². The zero-order chi connectivity index (χ0) is 14.8. The number of nitrogens with zero attached hydrogens (tertiary/aromatic N) is 3. The Morgan fingerprint density at radius 3 is 2.95 bits per heavy atom. The minimum atomic E-state index is 0. The molecule has 6 heteroatoms. The van der Waals surface area contributed by atoms with Crippen molar-refractivity contribution in [2.75, 3.05) is 26.7 Å². The Kier molecular flexibility index (Phi) is 5.56. The molecule has 0 bridgehead atoms. The van der Waals surface area contributed by atoms with Crippen molar-refractivity contribution < 1.29 is 4.52 Å². The predicted molar refractivity (Wildman–Crippen MR) is 88.5 cm³/mol. The molecule has 1 aliphatic rings. The Morgan fingerprint density at radius 1 is 1.41 bits per heavy atom. The standard InChI is InChI=1S/C16H22N4O.ClH/c1-11-5-4-6-13(9-11)12(2)16-18-15(19-21-16)14-10-17-7-8-20(14)3;/h4-6,9,12,14,17H,7-8,10H2,1-3H3;1H. The predicted octanol–water partition coefficient (Wildman–Crippen LogP) is 2.53. The summed E-state index contributed by atoms with van der Waals surface area (Å²) in [6, 6.07) is 8.63. The molecule has 0 aliphatic carbocycles. The van der Waals surface area contributed by atoms with Crippen LogP contribution in [0.3, 0.4) is 0 Å². The number of aryl methyl sites for hydroxylation is 1. The quantitative estimate of drug-likeness (QED) is 0.941. The van der Waals surface area contributed by atoms with E-state index in [0.29, 0.717) is 5.89 Å². The molecule has 0 amide bonds. The molecule has 3 rings (SSSR count). The highest BCUT2D eigenvalue weighted by Gasteiger charge is 2.26. The Balaban J connectivity index is 0.00000176. The zero-order valence-electron chi connectivity index (χ0n) is 13.2. The molecule has 1 aromatic heterocycles. The van der Waals surface area contributed by atoms with E-state index in [9.17, 15) is 0 Å². The minimum absolute atomic E-state index is 0. The smallest absolute Gasteiger partial charge is 0.233 e. The van der Waals surface area contributed by atoms with Gasteiger partial charge in [0.25, 0.3) is 0 Å². The van der Waals surface area contributed by atoms with Crippen molar-refractivity contribution in [3.8, 4) is 0 Å². The second-order valence-corrected chi connectivity index (χ2v) is 5.83. The highest BCUT2D eigenvalue weighted by Crippen LogP contribution is 2.25. The van der Waals surface area contributed by atoms with Crippen LogP contribution in [0.1, 0.15) is 41.7 Å². The van der Waals surface area contributed by atoms with E-state index in [0.717, 1.165) is 25.5 Å². The van der Waals surface area contributed by atoms with Gasteiger partial charge in [0.15, 0.2) is 5.82 Å². The van der Waals surface area contributed by atoms with Crippen LogP contribution in [0.4, 0.5) is 0 Å². The van der Waals surface area contributed by atoms with Crippen LogP contribution < -0.4 is 5.32 Å². The molecule has 2 unspecified atom stereocenters. The number of aromatic nitrogens is 2. The minimum Gasteiger partial charge on any atom is -0.339 e. The van der Waals surface area contributed by atoms with E-state index in [2.05, 4.69) is 65.5 Å². The van der Waals surface area contributed by atoms with Crippen LogP contribution in [0, 0.1) is 6.92 Å². The Bertz CT molecular complexity index is 616. The Labute approximate surface area is 137 Å².